The van der Waals surface area contributed by atoms with Crippen LogP contribution in [0.3, 0.4) is 0 Å². The molecular weight excluding hydrogens is 188 g/mol. The molecule has 3 heteroatoms. The SMILES string of the molecule is COCCN(CCN)C1CCC(C)CC1. The van der Waals surface area contributed by atoms with Crippen LogP contribution in [0.2, 0.25) is 0 Å². The van der Waals surface area contributed by atoms with E-state index in [1.54, 1.807) is 7.11 Å². The lowest BCUT2D eigenvalue weighted by atomic mass is 9.86. The van der Waals surface area contributed by atoms with Crippen LogP contribution in [-0.2, 0) is 4.74 Å². The quantitative estimate of drug-likeness (QED) is 0.728. The van der Waals surface area contributed by atoms with Gasteiger partial charge in [-0.2, -0.15) is 0 Å². The van der Waals surface area contributed by atoms with E-state index in [-0.39, 0.29) is 0 Å². The summed E-state index contributed by atoms with van der Waals surface area (Å²) < 4.78 is 5.15. The Hall–Kier alpha value is -0.120. The molecule has 0 bridgehead atoms. The highest BCUT2D eigenvalue weighted by atomic mass is 16.5. The molecule has 0 atom stereocenters. The highest BCUT2D eigenvalue weighted by Crippen LogP contribution is 2.26. The van der Waals surface area contributed by atoms with Gasteiger partial charge in [0.1, 0.15) is 0 Å². The maximum Gasteiger partial charge on any atom is 0.0589 e. The van der Waals surface area contributed by atoms with Crippen molar-refractivity contribution in [1.29, 1.82) is 0 Å². The summed E-state index contributed by atoms with van der Waals surface area (Å²) in [7, 11) is 1.77. The summed E-state index contributed by atoms with van der Waals surface area (Å²) in [5.41, 5.74) is 5.65. The van der Waals surface area contributed by atoms with Crippen LogP contribution in [0.4, 0.5) is 0 Å². The number of nitrogens with zero attached hydrogens (tertiary/aromatic N) is 1. The van der Waals surface area contributed by atoms with Crippen molar-refractivity contribution < 1.29 is 4.74 Å². The average Bonchev–Trinajstić information content (AvgIpc) is 2.25. The maximum atomic E-state index is 5.65. The Bertz CT molecular complexity index is 156. The second kappa shape index (κ2) is 7.20. The smallest absolute Gasteiger partial charge is 0.0589 e. The van der Waals surface area contributed by atoms with E-state index in [1.165, 1.54) is 25.7 Å². The topological polar surface area (TPSA) is 38.5 Å². The van der Waals surface area contributed by atoms with Crippen molar-refractivity contribution >= 4 is 0 Å². The van der Waals surface area contributed by atoms with Gasteiger partial charge in [-0.25, -0.2) is 0 Å². The standard InChI is InChI=1S/C12H26N2O/c1-11-3-5-12(6-4-11)14(8-7-13)9-10-15-2/h11-12H,3-10,13H2,1-2H3. The van der Waals surface area contributed by atoms with E-state index in [9.17, 15) is 0 Å². The molecule has 2 N–H and O–H groups in total. The molecule has 0 aliphatic heterocycles. The predicted octanol–water partition coefficient (Wildman–Crippen LogP) is 1.47. The van der Waals surface area contributed by atoms with Crippen LogP contribution in [0.5, 0.6) is 0 Å². The second-order valence-corrected chi connectivity index (χ2v) is 4.73. The molecule has 1 rings (SSSR count). The molecule has 15 heavy (non-hydrogen) atoms. The van der Waals surface area contributed by atoms with Crippen LogP contribution in [0.15, 0.2) is 0 Å². The molecule has 0 unspecified atom stereocenters. The number of rotatable bonds is 6. The maximum absolute atomic E-state index is 5.65. The molecule has 0 amide bonds. The lowest BCUT2D eigenvalue weighted by Gasteiger charge is -2.35. The fraction of sp³-hybridized carbons (Fsp3) is 1.00. The van der Waals surface area contributed by atoms with E-state index in [0.717, 1.165) is 38.2 Å². The molecule has 1 aliphatic carbocycles. The zero-order chi connectivity index (χ0) is 11.1. The normalized spacial score (nSPS) is 27.2. The van der Waals surface area contributed by atoms with Crippen molar-refractivity contribution in [1.82, 2.24) is 4.90 Å². The first-order valence-corrected chi connectivity index (χ1v) is 6.21. The third-order valence-corrected chi connectivity index (χ3v) is 3.50. The number of nitrogens with two attached hydrogens (primary N) is 1. The molecule has 3 nitrogen and oxygen atoms in total. The summed E-state index contributed by atoms with van der Waals surface area (Å²) in [5.74, 6) is 0.920. The van der Waals surface area contributed by atoms with Crippen LogP contribution >= 0.6 is 0 Å². The summed E-state index contributed by atoms with van der Waals surface area (Å²) in [6.45, 7) is 6.00. The molecule has 1 fully saturated rings. The number of hydrogen-bond acceptors (Lipinski definition) is 3. The molecule has 0 radical (unpaired) electrons. The van der Waals surface area contributed by atoms with Crippen molar-refractivity contribution in [2.75, 3.05) is 33.4 Å². The minimum Gasteiger partial charge on any atom is -0.383 e. The molecule has 0 heterocycles. The Morgan fingerprint density at radius 3 is 2.40 bits per heavy atom. The number of hydrogen-bond donors (Lipinski definition) is 1. The molecule has 1 aliphatic rings. The van der Waals surface area contributed by atoms with E-state index in [1.807, 2.05) is 0 Å². The van der Waals surface area contributed by atoms with E-state index in [4.69, 9.17) is 10.5 Å². The first-order valence-electron chi connectivity index (χ1n) is 6.21. The minimum absolute atomic E-state index is 0.750. The molecule has 1 saturated carbocycles. The Morgan fingerprint density at radius 1 is 1.20 bits per heavy atom. The van der Waals surface area contributed by atoms with Crippen LogP contribution in [0.1, 0.15) is 32.6 Å². The molecule has 0 saturated heterocycles. The second-order valence-electron chi connectivity index (χ2n) is 4.73. The zero-order valence-electron chi connectivity index (χ0n) is 10.2. The summed E-state index contributed by atoms with van der Waals surface area (Å²) in [4.78, 5) is 2.51. The number of ether oxygens (including phenoxy) is 1. The Labute approximate surface area is 94.0 Å². The van der Waals surface area contributed by atoms with Gasteiger partial charge in [0, 0.05) is 32.8 Å². The minimum atomic E-state index is 0.750. The molecule has 90 valence electrons. The van der Waals surface area contributed by atoms with Gasteiger partial charge in [0.2, 0.25) is 0 Å². The lowest BCUT2D eigenvalue weighted by molar-refractivity contribution is 0.0970. The summed E-state index contributed by atoms with van der Waals surface area (Å²) in [6.07, 6.45) is 5.42. The number of methoxy groups -OCH3 is 1. The summed E-state index contributed by atoms with van der Waals surface area (Å²) >= 11 is 0. The Balaban J connectivity index is 2.33. The van der Waals surface area contributed by atoms with Gasteiger partial charge in [-0.05, 0) is 31.6 Å². The monoisotopic (exact) mass is 214 g/mol. The van der Waals surface area contributed by atoms with Gasteiger partial charge in [0.05, 0.1) is 6.61 Å². The zero-order valence-corrected chi connectivity index (χ0v) is 10.2. The van der Waals surface area contributed by atoms with Crippen LogP contribution in [0, 0.1) is 5.92 Å². The van der Waals surface area contributed by atoms with Gasteiger partial charge in [-0.3, -0.25) is 4.90 Å². The highest BCUT2D eigenvalue weighted by Gasteiger charge is 2.23. The largest absolute Gasteiger partial charge is 0.383 e. The van der Waals surface area contributed by atoms with Gasteiger partial charge < -0.3 is 10.5 Å². The first kappa shape index (κ1) is 12.9. The van der Waals surface area contributed by atoms with Gasteiger partial charge in [-0.15, -0.1) is 0 Å². The van der Waals surface area contributed by atoms with Crippen LogP contribution < -0.4 is 5.73 Å². The van der Waals surface area contributed by atoms with Gasteiger partial charge >= 0.3 is 0 Å². The summed E-state index contributed by atoms with van der Waals surface area (Å²) in [6, 6.07) is 0.750. The predicted molar refractivity (Wildman–Crippen MR) is 63.9 cm³/mol. The first-order chi connectivity index (χ1) is 7.27. The van der Waals surface area contributed by atoms with Gasteiger partial charge in [0.25, 0.3) is 0 Å². The Kier molecular flexibility index (Phi) is 6.22. The van der Waals surface area contributed by atoms with E-state index in [2.05, 4.69) is 11.8 Å². The molecule has 0 aromatic carbocycles. The van der Waals surface area contributed by atoms with Crippen molar-refractivity contribution in [3.05, 3.63) is 0 Å². The van der Waals surface area contributed by atoms with E-state index >= 15 is 0 Å². The highest BCUT2D eigenvalue weighted by molar-refractivity contribution is 4.78. The van der Waals surface area contributed by atoms with E-state index < -0.39 is 0 Å². The molecular formula is C12H26N2O. The molecule has 0 spiro atoms. The third kappa shape index (κ3) is 4.49. The van der Waals surface area contributed by atoms with Crippen molar-refractivity contribution in [3.8, 4) is 0 Å². The van der Waals surface area contributed by atoms with Gasteiger partial charge in [-0.1, -0.05) is 6.92 Å². The third-order valence-electron chi connectivity index (χ3n) is 3.50. The molecule has 0 aromatic heterocycles. The summed E-state index contributed by atoms with van der Waals surface area (Å²) in [5, 5.41) is 0. The van der Waals surface area contributed by atoms with Crippen molar-refractivity contribution in [2.24, 2.45) is 11.7 Å². The van der Waals surface area contributed by atoms with Crippen molar-refractivity contribution in [2.45, 2.75) is 38.6 Å². The fourth-order valence-electron chi connectivity index (χ4n) is 2.46. The average molecular weight is 214 g/mol. The lowest BCUT2D eigenvalue weighted by Crippen LogP contribution is -2.42. The van der Waals surface area contributed by atoms with E-state index in [0.29, 0.717) is 0 Å². The fourth-order valence-corrected chi connectivity index (χ4v) is 2.46. The van der Waals surface area contributed by atoms with Crippen LogP contribution in [0.25, 0.3) is 0 Å². The van der Waals surface area contributed by atoms with Crippen LogP contribution in [-0.4, -0.2) is 44.3 Å². The van der Waals surface area contributed by atoms with Crippen molar-refractivity contribution in [3.63, 3.8) is 0 Å². The Morgan fingerprint density at radius 2 is 1.87 bits per heavy atom. The molecule has 0 aromatic rings. The van der Waals surface area contributed by atoms with Gasteiger partial charge in [0.15, 0.2) is 0 Å².